The third-order valence-corrected chi connectivity index (χ3v) is 3.45. The topological polar surface area (TPSA) is 32.8 Å². The third kappa shape index (κ3) is 3.40. The first-order chi connectivity index (χ1) is 9.24. The fourth-order valence-corrected chi connectivity index (χ4v) is 2.36. The number of amides is 1. The van der Waals surface area contributed by atoms with Crippen molar-refractivity contribution in [1.82, 2.24) is 4.90 Å². The van der Waals surface area contributed by atoms with E-state index in [0.29, 0.717) is 13.0 Å². The molecule has 0 bridgehead atoms. The van der Waals surface area contributed by atoms with Crippen LogP contribution in [-0.2, 0) is 4.79 Å². The summed E-state index contributed by atoms with van der Waals surface area (Å²) in [7, 11) is 0. The molecule has 0 radical (unpaired) electrons. The van der Waals surface area contributed by atoms with Crippen molar-refractivity contribution in [2.75, 3.05) is 37.7 Å². The zero-order chi connectivity index (χ0) is 13.7. The van der Waals surface area contributed by atoms with Crippen molar-refractivity contribution in [3.8, 4) is 5.75 Å². The molecule has 1 aliphatic rings. The number of benzene rings is 1. The summed E-state index contributed by atoms with van der Waals surface area (Å²) in [6, 6.07) is 8.18. The second-order valence-electron chi connectivity index (χ2n) is 4.65. The summed E-state index contributed by atoms with van der Waals surface area (Å²) < 4.78 is 5.44. The maximum Gasteiger partial charge on any atom is 0.222 e. The average molecular weight is 262 g/mol. The van der Waals surface area contributed by atoms with Crippen molar-refractivity contribution < 1.29 is 9.53 Å². The molecule has 1 fully saturated rings. The lowest BCUT2D eigenvalue weighted by Gasteiger charge is -2.36. The van der Waals surface area contributed by atoms with Crippen LogP contribution in [-0.4, -0.2) is 43.6 Å². The van der Waals surface area contributed by atoms with Crippen LogP contribution in [0.15, 0.2) is 24.3 Å². The van der Waals surface area contributed by atoms with Gasteiger partial charge in [0.1, 0.15) is 5.75 Å². The molecule has 1 aromatic carbocycles. The van der Waals surface area contributed by atoms with Gasteiger partial charge in [-0.2, -0.15) is 0 Å². The predicted molar refractivity (Wildman–Crippen MR) is 76.7 cm³/mol. The molecule has 1 aromatic rings. The lowest BCUT2D eigenvalue weighted by Crippen LogP contribution is -2.48. The molecule has 1 heterocycles. The van der Waals surface area contributed by atoms with Gasteiger partial charge in [-0.1, -0.05) is 6.92 Å². The molecule has 0 saturated carbocycles. The molecule has 1 saturated heterocycles. The predicted octanol–water partition coefficient (Wildman–Crippen LogP) is 2.14. The first-order valence-electron chi connectivity index (χ1n) is 7.00. The van der Waals surface area contributed by atoms with Crippen LogP contribution < -0.4 is 9.64 Å². The van der Waals surface area contributed by atoms with Gasteiger partial charge in [-0.05, 0) is 31.2 Å². The number of hydrogen-bond acceptors (Lipinski definition) is 3. The summed E-state index contributed by atoms with van der Waals surface area (Å²) in [5, 5.41) is 0. The van der Waals surface area contributed by atoms with E-state index < -0.39 is 0 Å². The smallest absolute Gasteiger partial charge is 0.222 e. The standard InChI is InChI=1S/C15H22N2O2/c1-3-15(18)17-11-9-16(10-12-17)13-5-7-14(8-6-13)19-4-2/h5-8H,3-4,9-12H2,1-2H3. The van der Waals surface area contributed by atoms with E-state index in [4.69, 9.17) is 4.74 Å². The normalized spacial score (nSPS) is 15.5. The number of anilines is 1. The molecule has 2 rings (SSSR count). The molecule has 1 amide bonds. The molecule has 4 heteroatoms. The van der Waals surface area contributed by atoms with Crippen LogP contribution >= 0.6 is 0 Å². The summed E-state index contributed by atoms with van der Waals surface area (Å²) >= 11 is 0. The molecule has 0 unspecified atom stereocenters. The van der Waals surface area contributed by atoms with E-state index in [2.05, 4.69) is 17.0 Å². The molecule has 4 nitrogen and oxygen atoms in total. The lowest BCUT2D eigenvalue weighted by molar-refractivity contribution is -0.131. The Morgan fingerprint density at radius 1 is 1.11 bits per heavy atom. The van der Waals surface area contributed by atoms with Crippen LogP contribution in [0, 0.1) is 0 Å². The third-order valence-electron chi connectivity index (χ3n) is 3.45. The minimum absolute atomic E-state index is 0.256. The van der Waals surface area contributed by atoms with Crippen molar-refractivity contribution in [3.05, 3.63) is 24.3 Å². The number of ether oxygens (including phenoxy) is 1. The minimum Gasteiger partial charge on any atom is -0.494 e. The zero-order valence-corrected chi connectivity index (χ0v) is 11.8. The number of piperazine rings is 1. The van der Waals surface area contributed by atoms with Crippen molar-refractivity contribution in [2.24, 2.45) is 0 Å². The van der Waals surface area contributed by atoms with E-state index in [0.717, 1.165) is 31.9 Å². The van der Waals surface area contributed by atoms with Gasteiger partial charge in [0.05, 0.1) is 6.61 Å². The van der Waals surface area contributed by atoms with E-state index >= 15 is 0 Å². The van der Waals surface area contributed by atoms with Crippen LogP contribution in [0.25, 0.3) is 0 Å². The van der Waals surface area contributed by atoms with Gasteiger partial charge in [-0.3, -0.25) is 4.79 Å². The first kappa shape index (κ1) is 13.7. The van der Waals surface area contributed by atoms with Crippen LogP contribution in [0.4, 0.5) is 5.69 Å². The Bertz CT molecular complexity index is 409. The first-order valence-corrected chi connectivity index (χ1v) is 7.00. The maximum absolute atomic E-state index is 11.6. The second kappa shape index (κ2) is 6.45. The fraction of sp³-hybridized carbons (Fsp3) is 0.533. The average Bonchev–Trinajstić information content (AvgIpc) is 2.48. The fourth-order valence-electron chi connectivity index (χ4n) is 2.36. The molecule has 104 valence electrons. The van der Waals surface area contributed by atoms with Gasteiger partial charge in [0, 0.05) is 38.3 Å². The van der Waals surface area contributed by atoms with E-state index in [1.165, 1.54) is 5.69 Å². The van der Waals surface area contributed by atoms with Gasteiger partial charge >= 0.3 is 0 Å². The Morgan fingerprint density at radius 3 is 2.26 bits per heavy atom. The Hall–Kier alpha value is -1.71. The van der Waals surface area contributed by atoms with E-state index in [9.17, 15) is 4.79 Å². The maximum atomic E-state index is 11.6. The molecule has 0 N–H and O–H groups in total. The summed E-state index contributed by atoms with van der Waals surface area (Å²) in [4.78, 5) is 15.9. The van der Waals surface area contributed by atoms with Crippen molar-refractivity contribution in [1.29, 1.82) is 0 Å². The number of carbonyl (C=O) groups excluding carboxylic acids is 1. The van der Waals surface area contributed by atoms with Crippen molar-refractivity contribution in [3.63, 3.8) is 0 Å². The van der Waals surface area contributed by atoms with E-state index in [-0.39, 0.29) is 5.91 Å². The van der Waals surface area contributed by atoms with Gasteiger partial charge < -0.3 is 14.5 Å². The summed E-state index contributed by atoms with van der Waals surface area (Å²) in [5.74, 6) is 1.16. The Labute approximate surface area is 115 Å². The molecule has 0 aliphatic carbocycles. The second-order valence-corrected chi connectivity index (χ2v) is 4.65. The van der Waals surface area contributed by atoms with Gasteiger partial charge in [0.2, 0.25) is 5.91 Å². The molecule has 19 heavy (non-hydrogen) atoms. The highest BCUT2D eigenvalue weighted by molar-refractivity contribution is 5.76. The number of hydrogen-bond donors (Lipinski definition) is 0. The largest absolute Gasteiger partial charge is 0.494 e. The van der Waals surface area contributed by atoms with E-state index in [1.54, 1.807) is 0 Å². The highest BCUT2D eigenvalue weighted by Gasteiger charge is 2.19. The van der Waals surface area contributed by atoms with Gasteiger partial charge in [0.25, 0.3) is 0 Å². The Morgan fingerprint density at radius 2 is 1.74 bits per heavy atom. The SMILES string of the molecule is CCOc1ccc(N2CCN(C(=O)CC)CC2)cc1. The number of rotatable bonds is 4. The van der Waals surface area contributed by atoms with E-state index in [1.807, 2.05) is 30.9 Å². The summed E-state index contributed by atoms with van der Waals surface area (Å²) in [6.07, 6.45) is 0.600. The molecule has 0 spiro atoms. The molecular formula is C15H22N2O2. The number of nitrogens with zero attached hydrogens (tertiary/aromatic N) is 2. The van der Waals surface area contributed by atoms with Crippen molar-refractivity contribution >= 4 is 11.6 Å². The molecule has 0 atom stereocenters. The van der Waals surface area contributed by atoms with Gasteiger partial charge in [-0.15, -0.1) is 0 Å². The van der Waals surface area contributed by atoms with Crippen LogP contribution in [0.1, 0.15) is 20.3 Å². The van der Waals surface area contributed by atoms with Crippen molar-refractivity contribution in [2.45, 2.75) is 20.3 Å². The van der Waals surface area contributed by atoms with Gasteiger partial charge in [-0.25, -0.2) is 0 Å². The Balaban J connectivity index is 1.92. The highest BCUT2D eigenvalue weighted by atomic mass is 16.5. The summed E-state index contributed by atoms with van der Waals surface area (Å²) in [5.41, 5.74) is 1.20. The van der Waals surface area contributed by atoms with Crippen LogP contribution in [0.5, 0.6) is 5.75 Å². The number of carbonyl (C=O) groups is 1. The zero-order valence-electron chi connectivity index (χ0n) is 11.8. The quantitative estimate of drug-likeness (QED) is 0.833. The van der Waals surface area contributed by atoms with Crippen LogP contribution in [0.2, 0.25) is 0 Å². The highest BCUT2D eigenvalue weighted by Crippen LogP contribution is 2.20. The summed E-state index contributed by atoms with van der Waals surface area (Å²) in [6.45, 7) is 8.04. The lowest BCUT2D eigenvalue weighted by atomic mass is 10.2. The molecule has 1 aliphatic heterocycles. The van der Waals surface area contributed by atoms with Gasteiger partial charge in [0.15, 0.2) is 0 Å². The molecular weight excluding hydrogens is 240 g/mol. The van der Waals surface area contributed by atoms with Crippen LogP contribution in [0.3, 0.4) is 0 Å². The minimum atomic E-state index is 0.256. The Kier molecular flexibility index (Phi) is 4.66. The monoisotopic (exact) mass is 262 g/mol. The molecule has 0 aromatic heterocycles.